The van der Waals surface area contributed by atoms with E-state index >= 15 is 0 Å². The summed E-state index contributed by atoms with van der Waals surface area (Å²) in [6, 6.07) is 9.12. The topological polar surface area (TPSA) is 23.5 Å². The molecule has 0 amide bonds. The highest BCUT2D eigenvalue weighted by Crippen LogP contribution is 2.27. The van der Waals surface area contributed by atoms with Crippen LogP contribution in [0.15, 0.2) is 24.3 Å². The summed E-state index contributed by atoms with van der Waals surface area (Å²) in [4.78, 5) is 2.55. The van der Waals surface area contributed by atoms with Gasteiger partial charge in [0.25, 0.3) is 0 Å². The Kier molecular flexibility index (Phi) is 4.65. The van der Waals surface area contributed by atoms with Gasteiger partial charge < -0.3 is 10.0 Å². The molecule has 1 unspecified atom stereocenters. The molecule has 0 aromatic heterocycles. The van der Waals surface area contributed by atoms with E-state index in [1.54, 1.807) is 0 Å². The van der Waals surface area contributed by atoms with Crippen LogP contribution in [0.2, 0.25) is 0 Å². The Labute approximate surface area is 111 Å². The molecule has 0 saturated carbocycles. The maximum Gasteiger partial charge on any atom is 0.0761 e. The molecule has 0 spiro atoms. The zero-order valence-electron chi connectivity index (χ0n) is 11.6. The fraction of sp³-hybridized carbons (Fsp3) is 0.625. The predicted molar refractivity (Wildman–Crippen MR) is 77.0 cm³/mol. The summed E-state index contributed by atoms with van der Waals surface area (Å²) in [6.45, 7) is 5.27. The highest BCUT2D eigenvalue weighted by atomic mass is 16.3. The number of hydrogen-bond acceptors (Lipinski definition) is 2. The Bertz CT molecular complexity index is 358. The molecule has 0 radical (unpaired) electrons. The summed E-state index contributed by atoms with van der Waals surface area (Å²) in [6.07, 6.45) is 6.19. The van der Waals surface area contributed by atoms with E-state index in [-0.39, 0.29) is 6.10 Å². The van der Waals surface area contributed by atoms with Gasteiger partial charge in [-0.25, -0.2) is 0 Å². The Balaban J connectivity index is 2.16. The largest absolute Gasteiger partial charge is 0.389 e. The molecule has 1 fully saturated rings. The SMILES string of the molecule is CCC1CCCCCN1c1ccc([C@@H](C)O)cc1. The van der Waals surface area contributed by atoms with Crippen molar-refractivity contribution in [1.29, 1.82) is 0 Å². The molecule has 1 aromatic rings. The fourth-order valence-corrected chi connectivity index (χ4v) is 2.89. The van der Waals surface area contributed by atoms with Crippen LogP contribution >= 0.6 is 0 Å². The van der Waals surface area contributed by atoms with Gasteiger partial charge in [0.15, 0.2) is 0 Å². The van der Waals surface area contributed by atoms with Crippen molar-refractivity contribution >= 4 is 5.69 Å². The summed E-state index contributed by atoms with van der Waals surface area (Å²) >= 11 is 0. The zero-order valence-corrected chi connectivity index (χ0v) is 11.6. The van der Waals surface area contributed by atoms with Crippen LogP contribution in [0.25, 0.3) is 0 Å². The van der Waals surface area contributed by atoms with Crippen LogP contribution in [0, 0.1) is 0 Å². The second-order valence-electron chi connectivity index (χ2n) is 5.37. The summed E-state index contributed by atoms with van der Waals surface area (Å²) in [5.41, 5.74) is 2.31. The van der Waals surface area contributed by atoms with Crippen molar-refractivity contribution in [2.45, 2.75) is 58.1 Å². The Morgan fingerprint density at radius 1 is 1.22 bits per heavy atom. The Morgan fingerprint density at radius 3 is 2.56 bits per heavy atom. The first-order chi connectivity index (χ1) is 8.72. The van der Waals surface area contributed by atoms with Crippen LogP contribution in [0.4, 0.5) is 5.69 Å². The van der Waals surface area contributed by atoms with Crippen LogP contribution in [-0.2, 0) is 0 Å². The minimum atomic E-state index is -0.370. The van der Waals surface area contributed by atoms with Gasteiger partial charge in [0, 0.05) is 18.3 Å². The van der Waals surface area contributed by atoms with E-state index in [2.05, 4.69) is 36.1 Å². The minimum Gasteiger partial charge on any atom is -0.389 e. The third-order valence-electron chi connectivity index (χ3n) is 4.06. The van der Waals surface area contributed by atoms with Crippen molar-refractivity contribution in [2.75, 3.05) is 11.4 Å². The van der Waals surface area contributed by atoms with E-state index in [4.69, 9.17) is 0 Å². The number of nitrogens with zero attached hydrogens (tertiary/aromatic N) is 1. The van der Waals surface area contributed by atoms with Crippen LogP contribution in [-0.4, -0.2) is 17.7 Å². The van der Waals surface area contributed by atoms with Gasteiger partial charge >= 0.3 is 0 Å². The first-order valence-electron chi connectivity index (χ1n) is 7.27. The molecule has 0 bridgehead atoms. The van der Waals surface area contributed by atoms with Gasteiger partial charge in [0.05, 0.1) is 6.10 Å². The van der Waals surface area contributed by atoms with Gasteiger partial charge in [0.1, 0.15) is 0 Å². The zero-order chi connectivity index (χ0) is 13.0. The van der Waals surface area contributed by atoms with Crippen molar-refractivity contribution in [2.24, 2.45) is 0 Å². The molecule has 1 N–H and O–H groups in total. The second kappa shape index (κ2) is 6.24. The molecule has 1 heterocycles. The van der Waals surface area contributed by atoms with Crippen molar-refractivity contribution in [1.82, 2.24) is 0 Å². The summed E-state index contributed by atoms with van der Waals surface area (Å²) in [5, 5.41) is 9.55. The van der Waals surface area contributed by atoms with Crippen LogP contribution < -0.4 is 4.90 Å². The molecule has 2 rings (SSSR count). The molecule has 1 aliphatic heterocycles. The molecular formula is C16H25NO. The average molecular weight is 247 g/mol. The van der Waals surface area contributed by atoms with Gasteiger partial charge in [-0.05, 0) is 43.9 Å². The summed E-state index contributed by atoms with van der Waals surface area (Å²) in [7, 11) is 0. The standard InChI is InChI=1S/C16H25NO/c1-3-15-7-5-4-6-12-17(15)16-10-8-14(9-11-16)13(2)18/h8-11,13,15,18H,3-7,12H2,1-2H3/t13-,15?/m1/s1. The third kappa shape index (κ3) is 3.05. The van der Waals surface area contributed by atoms with Crippen LogP contribution in [0.1, 0.15) is 57.6 Å². The van der Waals surface area contributed by atoms with Crippen LogP contribution in [0.5, 0.6) is 0 Å². The highest BCUT2D eigenvalue weighted by Gasteiger charge is 2.19. The van der Waals surface area contributed by atoms with Gasteiger partial charge in [-0.3, -0.25) is 0 Å². The van der Waals surface area contributed by atoms with Crippen LogP contribution in [0.3, 0.4) is 0 Å². The molecule has 18 heavy (non-hydrogen) atoms. The molecule has 2 heteroatoms. The number of anilines is 1. The molecule has 1 aliphatic rings. The molecule has 1 aromatic carbocycles. The monoisotopic (exact) mass is 247 g/mol. The van der Waals surface area contributed by atoms with Gasteiger partial charge in [-0.2, -0.15) is 0 Å². The van der Waals surface area contributed by atoms with Crippen molar-refractivity contribution in [3.05, 3.63) is 29.8 Å². The lowest BCUT2D eigenvalue weighted by Crippen LogP contribution is -2.34. The molecular weight excluding hydrogens is 222 g/mol. The molecule has 0 aliphatic carbocycles. The minimum absolute atomic E-state index is 0.370. The third-order valence-corrected chi connectivity index (χ3v) is 4.06. The van der Waals surface area contributed by atoms with Crippen molar-refractivity contribution < 1.29 is 5.11 Å². The molecule has 1 saturated heterocycles. The summed E-state index contributed by atoms with van der Waals surface area (Å²) < 4.78 is 0. The Hall–Kier alpha value is -1.02. The van der Waals surface area contributed by atoms with Crippen molar-refractivity contribution in [3.63, 3.8) is 0 Å². The van der Waals surface area contributed by atoms with E-state index in [1.807, 2.05) is 6.92 Å². The Morgan fingerprint density at radius 2 is 1.94 bits per heavy atom. The van der Waals surface area contributed by atoms with E-state index in [0.29, 0.717) is 6.04 Å². The fourth-order valence-electron chi connectivity index (χ4n) is 2.89. The van der Waals surface area contributed by atoms with Crippen molar-refractivity contribution in [3.8, 4) is 0 Å². The number of aliphatic hydroxyl groups is 1. The maximum atomic E-state index is 9.55. The second-order valence-corrected chi connectivity index (χ2v) is 5.37. The normalized spacial score (nSPS) is 22.6. The van der Waals surface area contributed by atoms with E-state index in [9.17, 15) is 5.11 Å². The lowest BCUT2D eigenvalue weighted by molar-refractivity contribution is 0.199. The van der Waals surface area contributed by atoms with Gasteiger partial charge in [-0.15, -0.1) is 0 Å². The molecule has 2 nitrogen and oxygen atoms in total. The number of benzene rings is 1. The maximum absolute atomic E-state index is 9.55. The quantitative estimate of drug-likeness (QED) is 0.875. The molecule has 2 atom stereocenters. The van der Waals surface area contributed by atoms with Gasteiger partial charge in [0.2, 0.25) is 0 Å². The lowest BCUT2D eigenvalue weighted by atomic mass is 10.1. The smallest absolute Gasteiger partial charge is 0.0761 e. The first kappa shape index (κ1) is 13.4. The van der Waals surface area contributed by atoms with E-state index in [0.717, 1.165) is 5.56 Å². The number of rotatable bonds is 3. The number of aliphatic hydroxyl groups excluding tert-OH is 1. The highest BCUT2D eigenvalue weighted by molar-refractivity contribution is 5.49. The summed E-state index contributed by atoms with van der Waals surface area (Å²) in [5.74, 6) is 0. The van der Waals surface area contributed by atoms with Gasteiger partial charge in [-0.1, -0.05) is 31.9 Å². The first-order valence-corrected chi connectivity index (χ1v) is 7.27. The van der Waals surface area contributed by atoms with E-state index in [1.165, 1.54) is 44.3 Å². The lowest BCUT2D eigenvalue weighted by Gasteiger charge is -2.31. The average Bonchev–Trinajstić information content (AvgIpc) is 2.63. The molecule has 100 valence electrons. The van der Waals surface area contributed by atoms with E-state index < -0.39 is 0 Å². The predicted octanol–water partition coefficient (Wildman–Crippen LogP) is 3.90. The number of hydrogen-bond donors (Lipinski definition) is 1.